The summed E-state index contributed by atoms with van der Waals surface area (Å²) >= 11 is 3.67. The molecule has 2 N–H and O–H groups in total. The monoisotopic (exact) mass is 365 g/mol. The van der Waals surface area contributed by atoms with Crippen LogP contribution in [0.2, 0.25) is 0 Å². The molecule has 1 aromatic heterocycles. The molecular formula is C15H16BrN3O3. The Bertz CT molecular complexity index is 720. The quantitative estimate of drug-likeness (QED) is 0.880. The van der Waals surface area contributed by atoms with E-state index in [1.807, 2.05) is 13.8 Å². The van der Waals surface area contributed by atoms with Crippen molar-refractivity contribution < 1.29 is 14.0 Å². The summed E-state index contributed by atoms with van der Waals surface area (Å²) in [5.74, 6) is 2.64. The van der Waals surface area contributed by atoms with Gasteiger partial charge in [0.25, 0.3) is 0 Å². The van der Waals surface area contributed by atoms with Crippen LogP contribution in [0.25, 0.3) is 11.4 Å². The third-order valence-electron chi connectivity index (χ3n) is 4.03. The number of ether oxygens (including phenoxy) is 2. The van der Waals surface area contributed by atoms with Crippen LogP contribution >= 0.6 is 15.9 Å². The minimum atomic E-state index is 0.117. The first kappa shape index (κ1) is 14.0. The lowest BCUT2D eigenvalue weighted by molar-refractivity contribution is 0.252. The van der Waals surface area contributed by atoms with Gasteiger partial charge in [0.2, 0.25) is 11.7 Å². The Morgan fingerprint density at radius 3 is 2.50 bits per heavy atom. The molecule has 3 heterocycles. The summed E-state index contributed by atoms with van der Waals surface area (Å²) in [5, 5.41) is 4.08. The number of aromatic nitrogens is 2. The van der Waals surface area contributed by atoms with Crippen LogP contribution in [0.15, 0.2) is 9.00 Å². The van der Waals surface area contributed by atoms with E-state index in [1.165, 1.54) is 0 Å². The van der Waals surface area contributed by atoms with Crippen LogP contribution < -0.4 is 15.2 Å². The third kappa shape index (κ3) is 1.95. The number of nitrogens with two attached hydrogens (primary N) is 1. The van der Waals surface area contributed by atoms with Crippen molar-refractivity contribution in [1.29, 1.82) is 0 Å². The Morgan fingerprint density at radius 2 is 1.82 bits per heavy atom. The van der Waals surface area contributed by atoms with Crippen LogP contribution in [-0.2, 0) is 19.4 Å². The average Bonchev–Trinajstić information content (AvgIpc) is 3.17. The number of halogens is 1. The lowest BCUT2D eigenvalue weighted by atomic mass is 9.97. The number of fused-ring (bicyclic) bond motifs is 2. The van der Waals surface area contributed by atoms with Crippen LogP contribution in [0, 0.1) is 0 Å². The summed E-state index contributed by atoms with van der Waals surface area (Å²) in [6.45, 7) is 4.32. The van der Waals surface area contributed by atoms with Gasteiger partial charge in [0.05, 0.1) is 16.6 Å². The molecule has 2 unspecified atom stereocenters. The summed E-state index contributed by atoms with van der Waals surface area (Å²) in [5.41, 5.74) is 8.63. The molecule has 0 saturated heterocycles. The average molecular weight is 366 g/mol. The summed E-state index contributed by atoms with van der Waals surface area (Å²) in [4.78, 5) is 4.38. The zero-order valence-electron chi connectivity index (χ0n) is 12.4. The summed E-state index contributed by atoms with van der Waals surface area (Å²) in [6.07, 6.45) is 1.85. The Balaban J connectivity index is 1.97. The van der Waals surface area contributed by atoms with E-state index in [0.717, 1.165) is 45.5 Å². The molecule has 0 fully saturated rings. The van der Waals surface area contributed by atoms with Crippen LogP contribution in [0.3, 0.4) is 0 Å². The molecule has 0 bridgehead atoms. The number of benzene rings is 1. The van der Waals surface area contributed by atoms with Crippen molar-refractivity contribution in [2.45, 2.75) is 45.4 Å². The van der Waals surface area contributed by atoms with E-state index < -0.39 is 0 Å². The second-order valence-electron chi connectivity index (χ2n) is 5.79. The molecule has 0 radical (unpaired) electrons. The molecule has 2 aliphatic rings. The fraction of sp³-hybridized carbons (Fsp3) is 0.467. The summed E-state index contributed by atoms with van der Waals surface area (Å²) < 4.78 is 18.2. The molecule has 2 aliphatic heterocycles. The summed E-state index contributed by atoms with van der Waals surface area (Å²) in [6, 6.07) is 0. The summed E-state index contributed by atoms with van der Waals surface area (Å²) in [7, 11) is 0. The Labute approximate surface area is 136 Å². The van der Waals surface area contributed by atoms with Gasteiger partial charge in [0.1, 0.15) is 23.7 Å². The lowest BCUT2D eigenvalue weighted by Crippen LogP contribution is -2.07. The molecule has 0 saturated carbocycles. The largest absolute Gasteiger partial charge is 0.489 e. The maximum absolute atomic E-state index is 6.04. The molecule has 4 rings (SSSR count). The zero-order chi connectivity index (χ0) is 15.4. The molecule has 0 spiro atoms. The highest BCUT2D eigenvalue weighted by Gasteiger charge is 2.36. The Kier molecular flexibility index (Phi) is 3.16. The predicted octanol–water partition coefficient (Wildman–Crippen LogP) is 2.60. The van der Waals surface area contributed by atoms with E-state index in [1.54, 1.807) is 0 Å². The molecular weight excluding hydrogens is 350 g/mol. The normalized spacial score (nSPS) is 22.2. The highest BCUT2D eigenvalue weighted by atomic mass is 79.9. The molecule has 116 valence electrons. The maximum Gasteiger partial charge on any atom is 0.240 e. The minimum Gasteiger partial charge on any atom is -0.489 e. The second-order valence-corrected chi connectivity index (χ2v) is 6.58. The third-order valence-corrected chi connectivity index (χ3v) is 4.87. The molecule has 0 aliphatic carbocycles. The van der Waals surface area contributed by atoms with Gasteiger partial charge >= 0.3 is 0 Å². The number of hydrogen-bond donors (Lipinski definition) is 1. The predicted molar refractivity (Wildman–Crippen MR) is 82.9 cm³/mol. The number of nitrogens with zero attached hydrogens (tertiary/aromatic N) is 2. The first-order valence-electron chi connectivity index (χ1n) is 7.32. The highest BCUT2D eigenvalue weighted by Crippen LogP contribution is 2.52. The van der Waals surface area contributed by atoms with Crippen LogP contribution in [0.1, 0.15) is 30.9 Å². The second kappa shape index (κ2) is 4.96. The van der Waals surface area contributed by atoms with E-state index in [0.29, 0.717) is 11.7 Å². The van der Waals surface area contributed by atoms with Crippen LogP contribution in [0.4, 0.5) is 0 Å². The van der Waals surface area contributed by atoms with E-state index in [-0.39, 0.29) is 18.8 Å². The van der Waals surface area contributed by atoms with Crippen molar-refractivity contribution in [3.8, 4) is 22.9 Å². The van der Waals surface area contributed by atoms with E-state index in [4.69, 9.17) is 19.7 Å². The van der Waals surface area contributed by atoms with E-state index in [9.17, 15) is 0 Å². The molecule has 0 amide bonds. The molecule has 7 heteroatoms. The van der Waals surface area contributed by atoms with E-state index in [2.05, 4.69) is 26.1 Å². The van der Waals surface area contributed by atoms with Crippen molar-refractivity contribution in [3.63, 3.8) is 0 Å². The van der Waals surface area contributed by atoms with Gasteiger partial charge in [-0.25, -0.2) is 0 Å². The van der Waals surface area contributed by atoms with Gasteiger partial charge in [-0.1, -0.05) is 5.16 Å². The van der Waals surface area contributed by atoms with Gasteiger partial charge in [-0.05, 0) is 29.8 Å². The fourth-order valence-corrected chi connectivity index (χ4v) is 3.81. The van der Waals surface area contributed by atoms with Crippen molar-refractivity contribution in [3.05, 3.63) is 21.5 Å². The number of hydrogen-bond acceptors (Lipinski definition) is 6. The Morgan fingerprint density at radius 1 is 1.14 bits per heavy atom. The van der Waals surface area contributed by atoms with Crippen LogP contribution in [0.5, 0.6) is 11.5 Å². The zero-order valence-corrected chi connectivity index (χ0v) is 13.9. The standard InChI is InChI=1S/C15H16BrN3O3/c1-6-3-8-11(15-18-10(5-17)22-19-15)13-9(4-7(2)20-13)12(16)14(8)21-6/h6-7H,3-5,17H2,1-2H3. The molecule has 1 aromatic carbocycles. The topological polar surface area (TPSA) is 83.4 Å². The molecule has 2 atom stereocenters. The van der Waals surface area contributed by atoms with Crippen molar-refractivity contribution >= 4 is 15.9 Å². The van der Waals surface area contributed by atoms with E-state index >= 15 is 0 Å². The first-order valence-corrected chi connectivity index (χ1v) is 8.11. The van der Waals surface area contributed by atoms with Crippen molar-refractivity contribution in [1.82, 2.24) is 10.1 Å². The van der Waals surface area contributed by atoms with Gasteiger partial charge in [0.15, 0.2) is 0 Å². The fourth-order valence-electron chi connectivity index (χ4n) is 3.14. The van der Waals surface area contributed by atoms with Crippen LogP contribution in [-0.4, -0.2) is 22.3 Å². The van der Waals surface area contributed by atoms with Crippen molar-refractivity contribution in [2.75, 3.05) is 0 Å². The smallest absolute Gasteiger partial charge is 0.240 e. The maximum atomic E-state index is 6.04. The highest BCUT2D eigenvalue weighted by molar-refractivity contribution is 9.10. The SMILES string of the molecule is CC1Cc2c(c(Br)c3c(c2-c2noc(CN)n2)OC(C)C3)O1. The lowest BCUT2D eigenvalue weighted by Gasteiger charge is -2.12. The number of rotatable bonds is 2. The van der Waals surface area contributed by atoms with Gasteiger partial charge < -0.3 is 19.7 Å². The van der Waals surface area contributed by atoms with Crippen molar-refractivity contribution in [2.24, 2.45) is 5.73 Å². The Hall–Kier alpha value is -1.60. The molecule has 22 heavy (non-hydrogen) atoms. The molecule has 2 aromatic rings. The molecule has 6 nitrogen and oxygen atoms in total. The van der Waals surface area contributed by atoms with Gasteiger partial charge in [0, 0.05) is 24.0 Å². The van der Waals surface area contributed by atoms with Gasteiger partial charge in [-0.15, -0.1) is 0 Å². The minimum absolute atomic E-state index is 0.117. The van der Waals surface area contributed by atoms with Gasteiger partial charge in [-0.2, -0.15) is 4.98 Å². The first-order chi connectivity index (χ1) is 10.6. The van der Waals surface area contributed by atoms with Gasteiger partial charge in [-0.3, -0.25) is 0 Å².